The lowest BCUT2D eigenvalue weighted by Gasteiger charge is -2.59. The van der Waals surface area contributed by atoms with Gasteiger partial charge in [-0.2, -0.15) is 5.06 Å². The Kier molecular flexibility index (Phi) is 7.04. The van der Waals surface area contributed by atoms with Crippen molar-refractivity contribution in [1.29, 1.82) is 0 Å². The van der Waals surface area contributed by atoms with E-state index in [1.165, 1.54) is 6.92 Å². The molecule has 6 nitrogen and oxygen atoms in total. The van der Waals surface area contributed by atoms with Gasteiger partial charge in [0.2, 0.25) is 5.91 Å². The van der Waals surface area contributed by atoms with Crippen molar-refractivity contribution in [3.05, 3.63) is 29.8 Å². The zero-order valence-electron chi connectivity index (χ0n) is 20.0. The summed E-state index contributed by atoms with van der Waals surface area (Å²) in [6.07, 6.45) is 1.06. The average molecular weight is 419 g/mol. The maximum absolute atomic E-state index is 13.7. The van der Waals surface area contributed by atoms with Crippen molar-refractivity contribution in [2.75, 3.05) is 6.54 Å². The molecular formula is C24H38N2O4. The third kappa shape index (κ3) is 4.70. The van der Waals surface area contributed by atoms with Crippen LogP contribution in [0.5, 0.6) is 5.75 Å². The van der Waals surface area contributed by atoms with Crippen LogP contribution in [0.3, 0.4) is 0 Å². The van der Waals surface area contributed by atoms with Gasteiger partial charge in [-0.15, -0.1) is 0 Å². The van der Waals surface area contributed by atoms with Gasteiger partial charge in [0, 0.05) is 19.0 Å². The van der Waals surface area contributed by atoms with Gasteiger partial charge >= 0.3 is 5.97 Å². The van der Waals surface area contributed by atoms with Crippen LogP contribution in [-0.2, 0) is 14.4 Å². The lowest BCUT2D eigenvalue weighted by atomic mass is 9.80. The van der Waals surface area contributed by atoms with E-state index in [0.29, 0.717) is 25.1 Å². The van der Waals surface area contributed by atoms with E-state index in [4.69, 9.17) is 9.57 Å². The van der Waals surface area contributed by atoms with Crippen LogP contribution in [0, 0.1) is 0 Å². The zero-order valence-corrected chi connectivity index (χ0v) is 20.0. The lowest BCUT2D eigenvalue weighted by Crippen LogP contribution is -2.75. The highest BCUT2D eigenvalue weighted by atomic mass is 16.7. The molecule has 0 aromatic heterocycles. The molecule has 1 fully saturated rings. The zero-order chi connectivity index (χ0) is 22.9. The second kappa shape index (κ2) is 8.67. The minimum absolute atomic E-state index is 0.122. The number of ether oxygens (including phenoxy) is 1. The number of piperazine rings is 1. The van der Waals surface area contributed by atoms with E-state index >= 15 is 0 Å². The smallest absolute Gasteiger partial charge is 0.308 e. The number of rotatable bonds is 6. The van der Waals surface area contributed by atoms with Crippen LogP contribution in [0.4, 0.5) is 0 Å². The van der Waals surface area contributed by atoms with Gasteiger partial charge in [-0.25, -0.2) is 0 Å². The second-order valence-corrected chi connectivity index (χ2v) is 9.82. The Morgan fingerprint density at radius 1 is 1.13 bits per heavy atom. The molecule has 0 spiro atoms. The molecule has 0 bridgehead atoms. The first-order chi connectivity index (χ1) is 13.8. The Morgan fingerprint density at radius 2 is 1.67 bits per heavy atom. The SMILES string of the molecule is CCC1(CC)C(=O)N(C(C)(C)C)CC(C)(C)N1OC(C)c1ccc(OC(C)=O)cc1. The van der Waals surface area contributed by atoms with Gasteiger partial charge in [0.05, 0.1) is 5.54 Å². The number of hydrogen-bond acceptors (Lipinski definition) is 5. The minimum atomic E-state index is -0.721. The summed E-state index contributed by atoms with van der Waals surface area (Å²) in [6.45, 7) is 18.6. The lowest BCUT2D eigenvalue weighted by molar-refractivity contribution is -0.311. The third-order valence-electron chi connectivity index (χ3n) is 5.98. The van der Waals surface area contributed by atoms with Crippen LogP contribution >= 0.6 is 0 Å². The topological polar surface area (TPSA) is 59.1 Å². The number of carbonyl (C=O) groups excluding carboxylic acids is 2. The minimum Gasteiger partial charge on any atom is -0.427 e. The summed E-state index contributed by atoms with van der Waals surface area (Å²) >= 11 is 0. The maximum atomic E-state index is 13.7. The summed E-state index contributed by atoms with van der Waals surface area (Å²) in [6, 6.07) is 7.31. The highest BCUT2D eigenvalue weighted by molar-refractivity contribution is 5.88. The van der Waals surface area contributed by atoms with Gasteiger partial charge in [-0.05, 0) is 72.1 Å². The first kappa shape index (κ1) is 24.4. The predicted octanol–water partition coefficient (Wildman–Crippen LogP) is 4.88. The standard InChI is InChI=1S/C24H38N2O4/c1-10-24(11-2)21(28)25(22(5,6)7)16-23(8,9)26(24)30-17(3)19-12-14-20(15-13-19)29-18(4)27/h12-15,17H,10-11,16H2,1-9H3. The quantitative estimate of drug-likeness (QED) is 0.486. The van der Waals surface area contributed by atoms with Gasteiger partial charge in [0.25, 0.3) is 0 Å². The third-order valence-corrected chi connectivity index (χ3v) is 5.98. The molecule has 1 unspecified atom stereocenters. The molecule has 6 heteroatoms. The molecule has 0 saturated carbocycles. The molecule has 2 rings (SSSR count). The fourth-order valence-corrected chi connectivity index (χ4v) is 4.26. The van der Waals surface area contributed by atoms with E-state index in [-0.39, 0.29) is 29.1 Å². The summed E-state index contributed by atoms with van der Waals surface area (Å²) in [7, 11) is 0. The van der Waals surface area contributed by atoms with E-state index < -0.39 is 5.54 Å². The molecule has 0 aliphatic carbocycles. The summed E-state index contributed by atoms with van der Waals surface area (Å²) in [5, 5.41) is 1.95. The molecule has 30 heavy (non-hydrogen) atoms. The molecule has 0 radical (unpaired) electrons. The summed E-state index contributed by atoms with van der Waals surface area (Å²) in [5.41, 5.74) is -0.387. The Balaban J connectivity index is 2.35. The number of nitrogens with zero attached hydrogens (tertiary/aromatic N) is 2. The van der Waals surface area contributed by atoms with Crippen molar-refractivity contribution in [3.63, 3.8) is 0 Å². The fraction of sp³-hybridized carbons (Fsp3) is 0.667. The number of hydroxylamine groups is 2. The Hall–Kier alpha value is -1.92. The van der Waals surface area contributed by atoms with Crippen molar-refractivity contribution in [2.24, 2.45) is 0 Å². The molecule has 1 heterocycles. The van der Waals surface area contributed by atoms with Gasteiger partial charge in [-0.3, -0.25) is 14.4 Å². The first-order valence-corrected chi connectivity index (χ1v) is 10.9. The molecule has 0 N–H and O–H groups in total. The summed E-state index contributed by atoms with van der Waals surface area (Å²) < 4.78 is 5.12. The van der Waals surface area contributed by atoms with Crippen molar-refractivity contribution in [2.45, 2.75) is 97.9 Å². The number of amides is 1. The highest BCUT2D eigenvalue weighted by Crippen LogP contribution is 2.42. The van der Waals surface area contributed by atoms with Crippen molar-refractivity contribution in [3.8, 4) is 5.75 Å². The van der Waals surface area contributed by atoms with Crippen LogP contribution in [0.15, 0.2) is 24.3 Å². The van der Waals surface area contributed by atoms with E-state index in [1.807, 2.05) is 29.0 Å². The number of esters is 1. The molecule has 1 aliphatic heterocycles. The molecule has 1 aliphatic rings. The molecule has 168 valence electrons. The van der Waals surface area contributed by atoms with Crippen LogP contribution in [0.25, 0.3) is 0 Å². The second-order valence-electron chi connectivity index (χ2n) is 9.82. The monoisotopic (exact) mass is 418 g/mol. The van der Waals surface area contributed by atoms with E-state index in [9.17, 15) is 9.59 Å². The predicted molar refractivity (Wildman–Crippen MR) is 118 cm³/mol. The van der Waals surface area contributed by atoms with Gasteiger partial charge < -0.3 is 9.64 Å². The molecule has 1 aromatic rings. The fourth-order valence-electron chi connectivity index (χ4n) is 4.26. The van der Waals surface area contributed by atoms with E-state index in [0.717, 1.165) is 5.56 Å². The van der Waals surface area contributed by atoms with Crippen LogP contribution in [0.2, 0.25) is 0 Å². The molecule has 1 aromatic carbocycles. The van der Waals surface area contributed by atoms with Crippen LogP contribution < -0.4 is 4.74 Å². The van der Waals surface area contributed by atoms with E-state index in [2.05, 4.69) is 48.5 Å². The Labute approximate surface area is 181 Å². The number of carbonyl (C=O) groups is 2. The van der Waals surface area contributed by atoms with Crippen LogP contribution in [0.1, 0.15) is 86.8 Å². The number of hydrogen-bond donors (Lipinski definition) is 0. The van der Waals surface area contributed by atoms with Gasteiger partial charge in [-0.1, -0.05) is 26.0 Å². The maximum Gasteiger partial charge on any atom is 0.308 e. The van der Waals surface area contributed by atoms with Gasteiger partial charge in [0.1, 0.15) is 17.4 Å². The molecule has 1 saturated heterocycles. The highest BCUT2D eigenvalue weighted by Gasteiger charge is 2.57. The molecular weight excluding hydrogens is 380 g/mol. The van der Waals surface area contributed by atoms with Gasteiger partial charge in [0.15, 0.2) is 0 Å². The normalized spacial score (nSPS) is 20.2. The van der Waals surface area contributed by atoms with Crippen molar-refractivity contribution < 1.29 is 19.2 Å². The Morgan fingerprint density at radius 3 is 2.10 bits per heavy atom. The van der Waals surface area contributed by atoms with Crippen molar-refractivity contribution in [1.82, 2.24) is 9.96 Å². The summed E-state index contributed by atoms with van der Waals surface area (Å²) in [5.74, 6) is 0.278. The molecule has 1 amide bonds. The molecule has 1 atom stereocenters. The summed E-state index contributed by atoms with van der Waals surface area (Å²) in [4.78, 5) is 33.3. The largest absolute Gasteiger partial charge is 0.427 e. The first-order valence-electron chi connectivity index (χ1n) is 10.9. The van der Waals surface area contributed by atoms with Crippen molar-refractivity contribution >= 4 is 11.9 Å². The average Bonchev–Trinajstić information content (AvgIpc) is 2.64. The van der Waals surface area contributed by atoms with Crippen LogP contribution in [-0.4, -0.2) is 45.0 Å². The van der Waals surface area contributed by atoms with E-state index in [1.54, 1.807) is 12.1 Å². The Bertz CT molecular complexity index is 760. The number of benzene rings is 1.